The van der Waals surface area contributed by atoms with Crippen LogP contribution in [-0.4, -0.2) is 29.8 Å². The number of hydrogen-bond donors (Lipinski definition) is 2. The largest absolute Gasteiger partial charge is 0.481 e. The maximum Gasteiger partial charge on any atom is 0.389 e. The number of rotatable bonds is 8. The Morgan fingerprint density at radius 1 is 1.28 bits per heavy atom. The highest BCUT2D eigenvalue weighted by Gasteiger charge is 2.27. The van der Waals surface area contributed by atoms with Gasteiger partial charge in [-0.15, -0.1) is 0 Å². The fraction of sp³-hybridized carbons (Fsp3) is 0.917. The molecule has 0 radical (unpaired) electrons. The molecule has 0 aromatic heterocycles. The normalized spacial score (nSPS) is 15.7. The Morgan fingerprint density at radius 2 is 1.83 bits per heavy atom. The van der Waals surface area contributed by atoms with Crippen molar-refractivity contribution in [1.82, 2.24) is 5.32 Å². The van der Waals surface area contributed by atoms with Crippen LogP contribution in [-0.2, 0) is 4.79 Å². The fourth-order valence-corrected chi connectivity index (χ4v) is 1.67. The first kappa shape index (κ1) is 17.2. The maximum absolute atomic E-state index is 12.0. The van der Waals surface area contributed by atoms with Crippen molar-refractivity contribution >= 4 is 5.97 Å². The summed E-state index contributed by atoms with van der Waals surface area (Å²) >= 11 is 0. The number of alkyl halides is 3. The van der Waals surface area contributed by atoms with Crippen molar-refractivity contribution in [3.05, 3.63) is 0 Å². The third kappa shape index (κ3) is 9.27. The second kappa shape index (κ2) is 7.61. The summed E-state index contributed by atoms with van der Waals surface area (Å²) in [5, 5.41) is 11.8. The number of carbonyl (C=O) groups is 1. The van der Waals surface area contributed by atoms with E-state index < -0.39 is 24.5 Å². The smallest absolute Gasteiger partial charge is 0.389 e. The molecule has 3 nitrogen and oxygen atoms in total. The van der Waals surface area contributed by atoms with E-state index in [0.717, 1.165) is 0 Å². The molecule has 0 spiro atoms. The van der Waals surface area contributed by atoms with Crippen LogP contribution in [0, 0.1) is 11.8 Å². The van der Waals surface area contributed by atoms with Crippen LogP contribution in [0.2, 0.25) is 0 Å². The standard InChI is InChI=1S/C12H22F3NO2/c1-8(2)6-10(11(17)18)7-16-9(3)4-5-12(13,14)15/h8-10,16H,4-7H2,1-3H3,(H,17,18). The SMILES string of the molecule is CC(C)CC(CNC(C)CCC(F)(F)F)C(=O)O. The summed E-state index contributed by atoms with van der Waals surface area (Å²) < 4.78 is 36.0. The second-order valence-corrected chi connectivity index (χ2v) is 5.13. The molecule has 108 valence electrons. The molecule has 0 fully saturated rings. The van der Waals surface area contributed by atoms with Crippen molar-refractivity contribution in [3.63, 3.8) is 0 Å². The Balaban J connectivity index is 4.00. The molecule has 2 N–H and O–H groups in total. The van der Waals surface area contributed by atoms with Crippen LogP contribution in [0.4, 0.5) is 13.2 Å². The van der Waals surface area contributed by atoms with E-state index >= 15 is 0 Å². The predicted octanol–water partition coefficient (Wildman–Crippen LogP) is 3.05. The molecule has 18 heavy (non-hydrogen) atoms. The van der Waals surface area contributed by atoms with Crippen molar-refractivity contribution < 1.29 is 23.1 Å². The summed E-state index contributed by atoms with van der Waals surface area (Å²) in [6.07, 6.45) is -4.50. The highest BCUT2D eigenvalue weighted by Crippen LogP contribution is 2.22. The molecule has 0 aliphatic heterocycles. The Hall–Kier alpha value is -0.780. The van der Waals surface area contributed by atoms with Gasteiger partial charge in [0, 0.05) is 19.0 Å². The quantitative estimate of drug-likeness (QED) is 0.712. The lowest BCUT2D eigenvalue weighted by Crippen LogP contribution is -2.35. The predicted molar refractivity (Wildman–Crippen MR) is 63.3 cm³/mol. The van der Waals surface area contributed by atoms with Gasteiger partial charge in [0.15, 0.2) is 0 Å². The Bertz CT molecular complexity index is 254. The van der Waals surface area contributed by atoms with Gasteiger partial charge in [0.2, 0.25) is 0 Å². The van der Waals surface area contributed by atoms with E-state index in [4.69, 9.17) is 5.11 Å². The molecule has 0 heterocycles. The van der Waals surface area contributed by atoms with Crippen LogP contribution >= 0.6 is 0 Å². The summed E-state index contributed by atoms with van der Waals surface area (Å²) in [6.45, 7) is 5.69. The topological polar surface area (TPSA) is 49.3 Å². The summed E-state index contributed by atoms with van der Waals surface area (Å²) in [4.78, 5) is 10.9. The minimum atomic E-state index is -4.15. The lowest BCUT2D eigenvalue weighted by Gasteiger charge is -2.19. The Morgan fingerprint density at radius 3 is 2.22 bits per heavy atom. The molecular formula is C12H22F3NO2. The summed E-state index contributed by atoms with van der Waals surface area (Å²) in [5.74, 6) is -1.20. The monoisotopic (exact) mass is 269 g/mol. The highest BCUT2D eigenvalue weighted by molar-refractivity contribution is 5.70. The van der Waals surface area contributed by atoms with E-state index in [-0.39, 0.29) is 24.9 Å². The van der Waals surface area contributed by atoms with Gasteiger partial charge < -0.3 is 10.4 Å². The van der Waals surface area contributed by atoms with Gasteiger partial charge in [-0.3, -0.25) is 4.79 Å². The van der Waals surface area contributed by atoms with Crippen molar-refractivity contribution in [2.75, 3.05) is 6.54 Å². The molecule has 0 aromatic rings. The molecule has 0 aliphatic carbocycles. The van der Waals surface area contributed by atoms with Gasteiger partial charge in [-0.1, -0.05) is 13.8 Å². The van der Waals surface area contributed by atoms with Gasteiger partial charge in [-0.05, 0) is 25.7 Å². The van der Waals surface area contributed by atoms with E-state index in [9.17, 15) is 18.0 Å². The molecule has 6 heteroatoms. The minimum absolute atomic E-state index is 0.0302. The van der Waals surface area contributed by atoms with Crippen LogP contribution in [0.15, 0.2) is 0 Å². The molecule has 0 saturated heterocycles. The van der Waals surface area contributed by atoms with Crippen LogP contribution in [0.3, 0.4) is 0 Å². The van der Waals surface area contributed by atoms with E-state index in [0.29, 0.717) is 6.42 Å². The van der Waals surface area contributed by atoms with Gasteiger partial charge in [0.05, 0.1) is 5.92 Å². The molecule has 0 amide bonds. The van der Waals surface area contributed by atoms with Crippen molar-refractivity contribution in [2.45, 2.75) is 52.3 Å². The zero-order valence-electron chi connectivity index (χ0n) is 11.0. The number of nitrogens with one attached hydrogen (secondary N) is 1. The van der Waals surface area contributed by atoms with Crippen LogP contribution < -0.4 is 5.32 Å². The molecule has 0 aromatic carbocycles. The third-order valence-corrected chi connectivity index (χ3v) is 2.68. The molecule has 2 atom stereocenters. The van der Waals surface area contributed by atoms with Gasteiger partial charge in [0.25, 0.3) is 0 Å². The van der Waals surface area contributed by atoms with E-state index in [1.54, 1.807) is 6.92 Å². The summed E-state index contributed by atoms with van der Waals surface area (Å²) in [7, 11) is 0. The molecule has 2 unspecified atom stereocenters. The number of carboxylic acid groups (broad SMARTS) is 1. The van der Waals surface area contributed by atoms with Gasteiger partial charge in [-0.2, -0.15) is 13.2 Å². The van der Waals surface area contributed by atoms with Crippen LogP contribution in [0.25, 0.3) is 0 Å². The van der Waals surface area contributed by atoms with Crippen molar-refractivity contribution in [2.24, 2.45) is 11.8 Å². The van der Waals surface area contributed by atoms with Crippen LogP contribution in [0.1, 0.15) is 40.0 Å². The molecule has 0 rings (SSSR count). The van der Waals surface area contributed by atoms with Gasteiger partial charge in [-0.25, -0.2) is 0 Å². The lowest BCUT2D eigenvalue weighted by molar-refractivity contribution is -0.142. The van der Waals surface area contributed by atoms with Crippen molar-refractivity contribution in [1.29, 1.82) is 0 Å². The van der Waals surface area contributed by atoms with Crippen molar-refractivity contribution in [3.8, 4) is 0 Å². The van der Waals surface area contributed by atoms with Crippen LogP contribution in [0.5, 0.6) is 0 Å². The zero-order chi connectivity index (χ0) is 14.3. The second-order valence-electron chi connectivity index (χ2n) is 5.13. The van der Waals surface area contributed by atoms with Gasteiger partial charge in [0.1, 0.15) is 0 Å². The number of halogens is 3. The molecular weight excluding hydrogens is 247 g/mol. The van der Waals surface area contributed by atoms with E-state index in [1.807, 2.05) is 13.8 Å². The summed E-state index contributed by atoms with van der Waals surface area (Å²) in [6, 6.07) is -0.333. The van der Waals surface area contributed by atoms with E-state index in [2.05, 4.69) is 5.32 Å². The fourth-order valence-electron chi connectivity index (χ4n) is 1.67. The Labute approximate surface area is 106 Å². The zero-order valence-corrected chi connectivity index (χ0v) is 11.0. The first-order chi connectivity index (χ1) is 8.11. The summed E-state index contributed by atoms with van der Waals surface area (Å²) in [5.41, 5.74) is 0. The first-order valence-corrected chi connectivity index (χ1v) is 6.14. The number of hydrogen-bond acceptors (Lipinski definition) is 2. The number of aliphatic carboxylic acids is 1. The van der Waals surface area contributed by atoms with E-state index in [1.165, 1.54) is 0 Å². The average Bonchev–Trinajstić information content (AvgIpc) is 2.19. The highest BCUT2D eigenvalue weighted by atomic mass is 19.4. The lowest BCUT2D eigenvalue weighted by atomic mass is 9.97. The third-order valence-electron chi connectivity index (χ3n) is 2.68. The maximum atomic E-state index is 12.0. The minimum Gasteiger partial charge on any atom is -0.481 e. The molecule has 0 bridgehead atoms. The first-order valence-electron chi connectivity index (χ1n) is 6.14. The molecule has 0 saturated carbocycles. The van der Waals surface area contributed by atoms with Gasteiger partial charge >= 0.3 is 12.1 Å². The average molecular weight is 269 g/mol. The number of carboxylic acids is 1. The Kier molecular flexibility index (Phi) is 7.28. The molecule has 0 aliphatic rings.